The topological polar surface area (TPSA) is 38.8 Å². The van der Waals surface area contributed by atoms with Crippen LogP contribution in [0.3, 0.4) is 0 Å². The molecule has 2 bridgehead atoms. The number of carbonyl (C=O) groups excluding carboxylic acids is 1. The van der Waals surface area contributed by atoms with Crippen molar-refractivity contribution in [2.75, 3.05) is 7.11 Å². The number of fused-ring (bicyclic) bond motifs is 2. The number of amides is 1. The van der Waals surface area contributed by atoms with Gasteiger partial charge in [0.1, 0.15) is 12.4 Å². The summed E-state index contributed by atoms with van der Waals surface area (Å²) in [7, 11) is 1.62. The number of methoxy groups -OCH3 is 1. The normalized spacial score (nSPS) is 21.0. The predicted molar refractivity (Wildman–Crippen MR) is 106 cm³/mol. The van der Waals surface area contributed by atoms with Crippen LogP contribution in [0, 0.1) is 0 Å². The molecular formula is C22H22ClNO3. The number of benzene rings is 2. The highest BCUT2D eigenvalue weighted by Crippen LogP contribution is 2.40. The molecule has 1 saturated heterocycles. The van der Waals surface area contributed by atoms with E-state index in [1.54, 1.807) is 7.11 Å². The van der Waals surface area contributed by atoms with Gasteiger partial charge in [0.2, 0.25) is 0 Å². The predicted octanol–water partition coefficient (Wildman–Crippen LogP) is 5.31. The summed E-state index contributed by atoms with van der Waals surface area (Å²) in [6, 6.07) is 15.9. The second-order valence-electron chi connectivity index (χ2n) is 6.99. The molecule has 2 aromatic carbocycles. The molecule has 2 heterocycles. The van der Waals surface area contributed by atoms with Crippen molar-refractivity contribution >= 4 is 23.3 Å². The third-order valence-electron chi connectivity index (χ3n) is 5.33. The van der Waals surface area contributed by atoms with Gasteiger partial charge in [-0.1, -0.05) is 54.1 Å². The molecule has 2 aliphatic rings. The lowest BCUT2D eigenvalue weighted by Crippen LogP contribution is -2.43. The summed E-state index contributed by atoms with van der Waals surface area (Å²) in [5.74, 6) is 0.673. The molecule has 1 amide bonds. The van der Waals surface area contributed by atoms with Crippen LogP contribution in [0.5, 0.6) is 5.75 Å². The molecule has 27 heavy (non-hydrogen) atoms. The minimum atomic E-state index is -0.227. The fourth-order valence-electron chi connectivity index (χ4n) is 3.98. The van der Waals surface area contributed by atoms with E-state index in [4.69, 9.17) is 21.1 Å². The van der Waals surface area contributed by atoms with Crippen LogP contribution in [0.15, 0.2) is 54.6 Å². The number of rotatable bonds is 4. The zero-order chi connectivity index (χ0) is 18.8. The zero-order valence-corrected chi connectivity index (χ0v) is 16.0. The van der Waals surface area contributed by atoms with Gasteiger partial charge in [-0.25, -0.2) is 4.79 Å². The van der Waals surface area contributed by atoms with Crippen molar-refractivity contribution in [3.8, 4) is 5.75 Å². The smallest absolute Gasteiger partial charge is 0.410 e. The first-order chi connectivity index (χ1) is 13.2. The van der Waals surface area contributed by atoms with E-state index in [-0.39, 0.29) is 18.2 Å². The first-order valence-corrected chi connectivity index (χ1v) is 9.57. The van der Waals surface area contributed by atoms with Crippen molar-refractivity contribution in [1.82, 2.24) is 4.90 Å². The molecule has 0 spiro atoms. The van der Waals surface area contributed by atoms with Gasteiger partial charge in [0.25, 0.3) is 0 Å². The van der Waals surface area contributed by atoms with E-state index in [1.165, 1.54) is 5.57 Å². The van der Waals surface area contributed by atoms with Crippen molar-refractivity contribution in [3.63, 3.8) is 0 Å². The molecule has 2 unspecified atom stereocenters. The summed E-state index contributed by atoms with van der Waals surface area (Å²) in [6.45, 7) is 0.306. The van der Waals surface area contributed by atoms with E-state index >= 15 is 0 Å². The Bertz CT molecular complexity index is 865. The fraction of sp³-hybridized carbons (Fsp3) is 0.318. The molecule has 2 aliphatic heterocycles. The molecule has 2 atom stereocenters. The van der Waals surface area contributed by atoms with Crippen LogP contribution >= 0.6 is 11.6 Å². The van der Waals surface area contributed by atoms with Gasteiger partial charge in [0.15, 0.2) is 0 Å². The lowest BCUT2D eigenvalue weighted by atomic mass is 9.95. The largest absolute Gasteiger partial charge is 0.495 e. The summed E-state index contributed by atoms with van der Waals surface area (Å²) in [6.07, 6.45) is 4.75. The van der Waals surface area contributed by atoms with E-state index in [9.17, 15) is 4.79 Å². The molecule has 0 N–H and O–H groups in total. The Balaban J connectivity index is 1.48. The summed E-state index contributed by atoms with van der Waals surface area (Å²) in [5, 5.41) is 0.603. The maximum Gasteiger partial charge on any atom is 0.410 e. The average molecular weight is 384 g/mol. The number of hydrogen-bond donors (Lipinski definition) is 0. The van der Waals surface area contributed by atoms with Gasteiger partial charge in [-0.15, -0.1) is 0 Å². The Hall–Kier alpha value is -2.46. The van der Waals surface area contributed by atoms with Gasteiger partial charge in [0.05, 0.1) is 18.2 Å². The highest BCUT2D eigenvalue weighted by molar-refractivity contribution is 6.32. The van der Waals surface area contributed by atoms with Crippen LogP contribution in [-0.4, -0.2) is 30.2 Å². The minimum Gasteiger partial charge on any atom is -0.495 e. The summed E-state index contributed by atoms with van der Waals surface area (Å²) >= 11 is 6.14. The molecule has 0 radical (unpaired) electrons. The second kappa shape index (κ2) is 7.65. The van der Waals surface area contributed by atoms with Gasteiger partial charge in [-0.05, 0) is 48.1 Å². The Labute approximate surface area is 164 Å². The van der Waals surface area contributed by atoms with Gasteiger partial charge < -0.3 is 9.47 Å². The molecule has 4 nitrogen and oxygen atoms in total. The summed E-state index contributed by atoms with van der Waals surface area (Å²) < 4.78 is 10.9. The zero-order valence-electron chi connectivity index (χ0n) is 15.2. The fourth-order valence-corrected chi connectivity index (χ4v) is 4.18. The van der Waals surface area contributed by atoms with Gasteiger partial charge in [-0.2, -0.15) is 0 Å². The Morgan fingerprint density at radius 2 is 2.00 bits per heavy atom. The van der Waals surface area contributed by atoms with Gasteiger partial charge >= 0.3 is 6.09 Å². The maximum atomic E-state index is 12.7. The van der Waals surface area contributed by atoms with E-state index < -0.39 is 0 Å². The van der Waals surface area contributed by atoms with Crippen molar-refractivity contribution in [1.29, 1.82) is 0 Å². The molecule has 0 aromatic heterocycles. The Kier molecular flexibility index (Phi) is 5.08. The minimum absolute atomic E-state index is 0.0868. The summed E-state index contributed by atoms with van der Waals surface area (Å²) in [5.41, 5.74) is 3.34. The van der Waals surface area contributed by atoms with Gasteiger partial charge in [0, 0.05) is 6.04 Å². The Morgan fingerprint density at radius 3 is 2.74 bits per heavy atom. The lowest BCUT2D eigenvalue weighted by molar-refractivity contribution is 0.0832. The monoisotopic (exact) mass is 383 g/mol. The maximum absolute atomic E-state index is 12.7. The molecular weight excluding hydrogens is 362 g/mol. The van der Waals surface area contributed by atoms with Crippen molar-refractivity contribution in [2.24, 2.45) is 0 Å². The standard InChI is InChI=1S/C22H22ClNO3/c1-26-21-13-16(7-10-20(21)23)17-11-18-8-9-19(12-17)24(18)22(25)27-14-15-5-3-2-4-6-15/h2-7,10-11,13,18-19H,8-9,12,14H2,1H3. The van der Waals surface area contributed by atoms with E-state index in [0.29, 0.717) is 17.4 Å². The van der Waals surface area contributed by atoms with Crippen molar-refractivity contribution in [2.45, 2.75) is 38.0 Å². The molecule has 0 aliphatic carbocycles. The number of carbonyl (C=O) groups is 1. The second-order valence-corrected chi connectivity index (χ2v) is 7.40. The van der Waals surface area contributed by atoms with E-state index in [0.717, 1.165) is 30.4 Å². The molecule has 5 heteroatoms. The van der Waals surface area contributed by atoms with E-state index in [1.807, 2.05) is 53.4 Å². The molecule has 0 saturated carbocycles. The van der Waals surface area contributed by atoms with Crippen LogP contribution in [0.4, 0.5) is 4.79 Å². The molecule has 4 rings (SSSR count). The molecule has 140 valence electrons. The third kappa shape index (κ3) is 3.67. The summed E-state index contributed by atoms with van der Waals surface area (Å²) in [4.78, 5) is 14.6. The Morgan fingerprint density at radius 1 is 1.19 bits per heavy atom. The number of halogens is 1. The highest BCUT2D eigenvalue weighted by Gasteiger charge is 2.40. The highest BCUT2D eigenvalue weighted by atomic mass is 35.5. The molecule has 1 fully saturated rings. The van der Waals surface area contributed by atoms with Crippen LogP contribution in [0.25, 0.3) is 5.57 Å². The van der Waals surface area contributed by atoms with Crippen LogP contribution in [0.1, 0.15) is 30.4 Å². The van der Waals surface area contributed by atoms with Crippen LogP contribution < -0.4 is 4.74 Å². The van der Waals surface area contributed by atoms with Crippen LogP contribution in [0.2, 0.25) is 5.02 Å². The van der Waals surface area contributed by atoms with Gasteiger partial charge in [-0.3, -0.25) is 4.90 Å². The van der Waals surface area contributed by atoms with E-state index in [2.05, 4.69) is 6.08 Å². The lowest BCUT2D eigenvalue weighted by Gasteiger charge is -2.33. The van der Waals surface area contributed by atoms with Crippen LogP contribution in [-0.2, 0) is 11.3 Å². The average Bonchev–Trinajstić information content (AvgIpc) is 2.97. The third-order valence-corrected chi connectivity index (χ3v) is 5.65. The first kappa shape index (κ1) is 17.9. The van der Waals surface area contributed by atoms with Crippen molar-refractivity contribution in [3.05, 3.63) is 70.8 Å². The first-order valence-electron chi connectivity index (χ1n) is 9.19. The quantitative estimate of drug-likeness (QED) is 0.718. The number of ether oxygens (including phenoxy) is 2. The van der Waals surface area contributed by atoms with Crippen molar-refractivity contribution < 1.29 is 14.3 Å². The molecule has 2 aromatic rings. The number of hydrogen-bond acceptors (Lipinski definition) is 3. The SMILES string of the molecule is COc1cc(C2=CC3CCC(C2)N3C(=O)OCc2ccccc2)ccc1Cl. The number of nitrogens with zero attached hydrogens (tertiary/aromatic N) is 1.